The maximum absolute atomic E-state index is 6.19. The number of benzene rings is 1. The van der Waals surface area contributed by atoms with Crippen LogP contribution in [0.4, 0.5) is 0 Å². The van der Waals surface area contributed by atoms with E-state index < -0.39 is 0 Å². The van der Waals surface area contributed by atoms with Crippen LogP contribution in [0.3, 0.4) is 0 Å². The minimum absolute atomic E-state index is 0.359. The Morgan fingerprint density at radius 1 is 1.20 bits per heavy atom. The molecule has 1 fully saturated rings. The van der Waals surface area contributed by atoms with Gasteiger partial charge in [0.05, 0.1) is 6.10 Å². The van der Waals surface area contributed by atoms with Gasteiger partial charge in [0.15, 0.2) is 0 Å². The maximum Gasteiger partial charge on any atom is 0.0733 e. The van der Waals surface area contributed by atoms with Crippen molar-refractivity contribution in [3.8, 4) is 0 Å². The SMILES string of the molecule is CNC1CCC(c2ccccc2)CC1OCCC(C)C. The van der Waals surface area contributed by atoms with Gasteiger partial charge < -0.3 is 10.1 Å². The summed E-state index contributed by atoms with van der Waals surface area (Å²) < 4.78 is 6.19. The fourth-order valence-electron chi connectivity index (χ4n) is 3.13. The van der Waals surface area contributed by atoms with E-state index in [-0.39, 0.29) is 0 Å². The number of rotatable bonds is 6. The third-order valence-corrected chi connectivity index (χ3v) is 4.46. The summed E-state index contributed by atoms with van der Waals surface area (Å²) in [7, 11) is 2.06. The Bertz CT molecular complexity index is 376. The molecule has 0 bridgehead atoms. The Morgan fingerprint density at radius 3 is 2.60 bits per heavy atom. The molecule has 0 spiro atoms. The van der Waals surface area contributed by atoms with Crippen LogP contribution < -0.4 is 5.32 Å². The molecule has 0 aromatic heterocycles. The fraction of sp³-hybridized carbons (Fsp3) is 0.667. The van der Waals surface area contributed by atoms with Crippen LogP contribution in [0.5, 0.6) is 0 Å². The molecule has 20 heavy (non-hydrogen) atoms. The zero-order chi connectivity index (χ0) is 14.4. The van der Waals surface area contributed by atoms with Gasteiger partial charge in [0, 0.05) is 12.6 Å². The number of hydrogen-bond acceptors (Lipinski definition) is 2. The second-order valence-electron chi connectivity index (χ2n) is 6.41. The predicted octanol–water partition coefficient (Wildman–Crippen LogP) is 3.97. The zero-order valence-electron chi connectivity index (χ0n) is 13.1. The van der Waals surface area contributed by atoms with E-state index in [9.17, 15) is 0 Å². The quantitative estimate of drug-likeness (QED) is 0.848. The van der Waals surface area contributed by atoms with Gasteiger partial charge in [-0.3, -0.25) is 0 Å². The second-order valence-corrected chi connectivity index (χ2v) is 6.41. The van der Waals surface area contributed by atoms with Crippen molar-refractivity contribution in [1.29, 1.82) is 0 Å². The van der Waals surface area contributed by atoms with Crippen LogP contribution in [0.15, 0.2) is 30.3 Å². The van der Waals surface area contributed by atoms with Crippen LogP contribution >= 0.6 is 0 Å². The van der Waals surface area contributed by atoms with Gasteiger partial charge in [0.25, 0.3) is 0 Å². The molecule has 1 aliphatic carbocycles. The molecule has 2 heteroatoms. The van der Waals surface area contributed by atoms with E-state index in [0.717, 1.165) is 25.4 Å². The van der Waals surface area contributed by atoms with Crippen LogP contribution in [0.2, 0.25) is 0 Å². The Balaban J connectivity index is 1.93. The third kappa shape index (κ3) is 4.32. The average Bonchev–Trinajstić information content (AvgIpc) is 2.47. The molecule has 3 unspecified atom stereocenters. The van der Waals surface area contributed by atoms with Gasteiger partial charge in [-0.25, -0.2) is 0 Å². The first-order chi connectivity index (χ1) is 9.70. The summed E-state index contributed by atoms with van der Waals surface area (Å²) in [4.78, 5) is 0. The summed E-state index contributed by atoms with van der Waals surface area (Å²) in [6.45, 7) is 5.40. The van der Waals surface area contributed by atoms with Crippen molar-refractivity contribution in [1.82, 2.24) is 5.32 Å². The van der Waals surface area contributed by atoms with E-state index in [1.807, 2.05) is 0 Å². The molecular formula is C18H29NO. The molecule has 0 saturated heterocycles. The number of nitrogens with one attached hydrogen (secondary N) is 1. The van der Waals surface area contributed by atoms with Gasteiger partial charge in [0.2, 0.25) is 0 Å². The first-order valence-corrected chi connectivity index (χ1v) is 8.04. The van der Waals surface area contributed by atoms with E-state index in [4.69, 9.17) is 4.74 Å². The van der Waals surface area contributed by atoms with Gasteiger partial charge in [-0.05, 0) is 50.1 Å². The molecule has 112 valence electrons. The van der Waals surface area contributed by atoms with Gasteiger partial charge in [-0.15, -0.1) is 0 Å². The van der Waals surface area contributed by atoms with Gasteiger partial charge >= 0.3 is 0 Å². The molecule has 1 aromatic carbocycles. The lowest BCUT2D eigenvalue weighted by Gasteiger charge is -2.36. The zero-order valence-corrected chi connectivity index (χ0v) is 13.1. The molecule has 2 nitrogen and oxygen atoms in total. The Kier molecular flexibility index (Phi) is 6.06. The molecule has 1 aliphatic rings. The summed E-state index contributed by atoms with van der Waals surface area (Å²) in [6, 6.07) is 11.4. The molecule has 1 N–H and O–H groups in total. The molecule has 1 saturated carbocycles. The molecule has 0 radical (unpaired) electrons. The Morgan fingerprint density at radius 2 is 1.95 bits per heavy atom. The van der Waals surface area contributed by atoms with E-state index in [2.05, 4.69) is 56.5 Å². The Labute approximate surface area is 123 Å². The minimum Gasteiger partial charge on any atom is -0.377 e. The van der Waals surface area contributed by atoms with E-state index in [1.54, 1.807) is 0 Å². The lowest BCUT2D eigenvalue weighted by atomic mass is 9.80. The lowest BCUT2D eigenvalue weighted by molar-refractivity contribution is -0.00293. The average molecular weight is 275 g/mol. The summed E-state index contributed by atoms with van der Waals surface area (Å²) in [5.74, 6) is 1.38. The van der Waals surface area contributed by atoms with Crippen molar-refractivity contribution in [2.45, 2.75) is 57.6 Å². The van der Waals surface area contributed by atoms with Crippen molar-refractivity contribution in [2.75, 3.05) is 13.7 Å². The fourth-order valence-corrected chi connectivity index (χ4v) is 3.13. The molecule has 0 heterocycles. The second kappa shape index (κ2) is 7.80. The predicted molar refractivity (Wildman–Crippen MR) is 85.1 cm³/mol. The van der Waals surface area contributed by atoms with Crippen molar-refractivity contribution >= 4 is 0 Å². The highest BCUT2D eigenvalue weighted by Gasteiger charge is 2.30. The molecule has 0 amide bonds. The topological polar surface area (TPSA) is 21.3 Å². The standard InChI is InChI=1S/C18H29NO/c1-14(2)11-12-20-18-13-16(9-10-17(18)19-3)15-7-5-4-6-8-15/h4-8,14,16-19H,9-13H2,1-3H3. The van der Waals surface area contributed by atoms with Crippen LogP contribution in [0, 0.1) is 5.92 Å². The van der Waals surface area contributed by atoms with E-state index in [1.165, 1.54) is 18.4 Å². The normalized spacial score (nSPS) is 26.9. The van der Waals surface area contributed by atoms with Crippen molar-refractivity contribution < 1.29 is 4.74 Å². The van der Waals surface area contributed by atoms with Crippen LogP contribution in [0.1, 0.15) is 51.0 Å². The van der Waals surface area contributed by atoms with Crippen molar-refractivity contribution in [2.24, 2.45) is 5.92 Å². The van der Waals surface area contributed by atoms with Crippen molar-refractivity contribution in [3.05, 3.63) is 35.9 Å². The number of hydrogen-bond donors (Lipinski definition) is 1. The lowest BCUT2D eigenvalue weighted by Crippen LogP contribution is -2.43. The smallest absolute Gasteiger partial charge is 0.0733 e. The molecular weight excluding hydrogens is 246 g/mol. The van der Waals surface area contributed by atoms with Gasteiger partial charge in [-0.1, -0.05) is 44.2 Å². The monoisotopic (exact) mass is 275 g/mol. The van der Waals surface area contributed by atoms with Crippen LogP contribution in [0.25, 0.3) is 0 Å². The summed E-state index contributed by atoms with van der Waals surface area (Å²) >= 11 is 0. The highest BCUT2D eigenvalue weighted by Crippen LogP contribution is 2.34. The van der Waals surface area contributed by atoms with Crippen molar-refractivity contribution in [3.63, 3.8) is 0 Å². The first-order valence-electron chi connectivity index (χ1n) is 8.04. The summed E-state index contributed by atoms with van der Waals surface area (Å²) in [6.07, 6.45) is 5.14. The highest BCUT2D eigenvalue weighted by atomic mass is 16.5. The van der Waals surface area contributed by atoms with E-state index in [0.29, 0.717) is 18.1 Å². The Hall–Kier alpha value is -0.860. The minimum atomic E-state index is 0.359. The van der Waals surface area contributed by atoms with Gasteiger partial charge in [-0.2, -0.15) is 0 Å². The largest absolute Gasteiger partial charge is 0.377 e. The summed E-state index contributed by atoms with van der Waals surface area (Å²) in [5.41, 5.74) is 1.47. The molecule has 2 rings (SSSR count). The highest BCUT2D eigenvalue weighted by molar-refractivity contribution is 5.20. The maximum atomic E-state index is 6.19. The molecule has 0 aliphatic heterocycles. The molecule has 1 aromatic rings. The van der Waals surface area contributed by atoms with Crippen LogP contribution in [-0.2, 0) is 4.74 Å². The first kappa shape index (κ1) is 15.5. The number of likely N-dealkylation sites (N-methyl/N-ethyl adjacent to an activating group) is 1. The molecule has 3 atom stereocenters. The number of ether oxygens (including phenoxy) is 1. The van der Waals surface area contributed by atoms with Gasteiger partial charge in [0.1, 0.15) is 0 Å². The third-order valence-electron chi connectivity index (χ3n) is 4.46. The van der Waals surface area contributed by atoms with E-state index >= 15 is 0 Å². The van der Waals surface area contributed by atoms with Crippen LogP contribution in [-0.4, -0.2) is 25.8 Å². The summed E-state index contributed by atoms with van der Waals surface area (Å²) in [5, 5.41) is 3.44.